The fraction of sp³-hybridized carbons (Fsp3) is 0.299. The zero-order valence-corrected chi connectivity index (χ0v) is 87.8. The summed E-state index contributed by atoms with van der Waals surface area (Å²) in [4.78, 5) is 18.1. The average molecular weight is 2060 g/mol. The van der Waals surface area contributed by atoms with Crippen LogP contribution in [0.2, 0.25) is 0 Å². The molecule has 8 heterocycles. The number of benzene rings is 7. The molecule has 0 bridgehead atoms. The van der Waals surface area contributed by atoms with Crippen LogP contribution in [0.15, 0.2) is 293 Å². The molecular weight excluding hydrogens is 1950 g/mol. The van der Waals surface area contributed by atoms with E-state index < -0.39 is 0 Å². The van der Waals surface area contributed by atoms with Gasteiger partial charge in [-0.3, -0.25) is 0 Å². The number of azo groups is 7. The number of thiazole rings is 2. The maximum atomic E-state index is 7.22. The molecule has 0 aliphatic carbocycles. The number of aromatic nitrogens is 11. The van der Waals surface area contributed by atoms with Crippen molar-refractivity contribution in [2.75, 3.05) is 145 Å². The molecule has 0 radical (unpaired) electrons. The number of anilines is 7. The number of nitrogens with one attached hydrogen (secondary N) is 1. The van der Waals surface area contributed by atoms with E-state index in [-0.39, 0.29) is 86.8 Å². The summed E-state index contributed by atoms with van der Waals surface area (Å²) in [6.45, 7) is 15.3. The highest BCUT2D eigenvalue weighted by atomic mass is 35.5. The Kier molecular flexibility index (Phi) is 53.3. The second kappa shape index (κ2) is 60.4. The number of nitrogens with zero attached hydrogens (tertiary/aromatic N) is 33. The quantitative estimate of drug-likeness (QED) is 0.0461. The normalized spacial score (nSPS) is 11.2. The Morgan fingerprint density at radius 1 is 0.410 bits per heavy atom. The number of rotatable bonds is 21. The Morgan fingerprint density at radius 2 is 0.799 bits per heavy atom. The minimum Gasteiger partial charge on any atom is -1.00 e. The second-order valence-electron chi connectivity index (χ2n) is 29.4. The first kappa shape index (κ1) is 118. The number of halogens is 7. The first-order chi connectivity index (χ1) is 61.0. The zero-order chi connectivity index (χ0) is 91.5. The third kappa shape index (κ3) is 37.9. The van der Waals surface area contributed by atoms with Crippen LogP contribution < -0.4 is 159 Å². The van der Waals surface area contributed by atoms with Crippen LogP contribution in [-0.4, -0.2) is 129 Å². The molecule has 134 heavy (non-hydrogen) atoms. The molecule has 1 N–H and O–H groups in total. The molecule has 1 aliphatic heterocycles. The highest BCUT2D eigenvalue weighted by molar-refractivity contribution is 7.13. The third-order valence-corrected chi connectivity index (χ3v) is 22.5. The van der Waals surface area contributed by atoms with Gasteiger partial charge in [-0.15, -0.1) is 4.68 Å². The number of imidazole rings is 1. The molecule has 1 saturated heterocycles. The molecule has 35 nitrogen and oxygen atoms in total. The molecule has 0 atom stereocenters. The van der Waals surface area contributed by atoms with Gasteiger partial charge >= 0.3 is 37.4 Å². The van der Waals surface area contributed by atoms with E-state index >= 15 is 0 Å². The molecule has 14 aromatic rings. The monoisotopic (exact) mass is 2050 g/mol. The summed E-state index contributed by atoms with van der Waals surface area (Å²) in [7, 11) is 39.2. The van der Waals surface area contributed by atoms with E-state index in [1.807, 2.05) is 393 Å². The summed E-state index contributed by atoms with van der Waals surface area (Å²) in [5.74, 6) is 3.27. The molecule has 0 spiro atoms. The number of piperazine rings is 1. The lowest BCUT2D eigenvalue weighted by Gasteiger charge is -2.29. The molecule has 0 unspecified atom stereocenters. The number of hydrogen-bond donors (Lipinski definition) is 1. The fourth-order valence-electron chi connectivity index (χ4n) is 10.8. The van der Waals surface area contributed by atoms with Gasteiger partial charge in [-0.25, -0.2) is 32.2 Å². The lowest BCUT2D eigenvalue weighted by molar-refractivity contribution is -0.835. The molecule has 1 fully saturated rings. The van der Waals surface area contributed by atoms with E-state index in [2.05, 4.69) is 118 Å². The van der Waals surface area contributed by atoms with Gasteiger partial charge in [0.15, 0.2) is 5.76 Å². The van der Waals surface area contributed by atoms with Crippen LogP contribution in [0.5, 0.6) is 0 Å². The Morgan fingerprint density at radius 3 is 1.14 bits per heavy atom. The van der Waals surface area contributed by atoms with Crippen molar-refractivity contribution in [1.82, 2.24) is 23.7 Å². The van der Waals surface area contributed by atoms with Gasteiger partial charge in [-0.1, -0.05) is 25.2 Å². The number of hydrogen-bond acceptors (Lipinski definition) is 31. The van der Waals surface area contributed by atoms with Gasteiger partial charge in [0, 0.05) is 184 Å². The molecule has 714 valence electrons. The van der Waals surface area contributed by atoms with E-state index in [1.54, 1.807) is 39.6 Å². The van der Waals surface area contributed by atoms with Crippen molar-refractivity contribution in [1.29, 1.82) is 0 Å². The standard InChI is InChI=1S/C15H21N6.C13H14N5S.C13H17N4O.C12H16N5S.C12H15N4S.2C11H14N5S.7ClH/c1-19-11-12-20(2)15(19)18-17-13-3-5-14(6-4-13)21-9-7-16-8-10-21;1-14-12-9-10(17(2)3)5-6-11(12)15-16-13-18(4)7-8-19-13;1-10-9-13(17(4)18-10)15-14-11-5-7-12(8-6-11)16(2)3;1-9-15-18-12(17(9)4)14-13-10-5-7-11(8-6-10)16(2)3;1-15(2)11-6-4-10(5-7-11)13-14-12-16(3)8-9-17-12;1-15(2)10-6-4-9(5-7-10)13-14-11-16(3)12-8-17-11;1-15(2)10-6-4-9(5-7-10)13-14-11-16(3)8-12-17-11;;;;;;;/h3-6,11-12,16H,7-10H2,1-2H3;5-9H,2-4H3;5-9H,1-4H3;5-8H,1-4H3;4-9H,1-3H3;2*4-8H,1-3H3;7*1H/q7*+1;;;;;;;/p-7. The lowest BCUT2D eigenvalue weighted by atomic mass is 10.2. The van der Waals surface area contributed by atoms with Gasteiger partial charge in [0.05, 0.1) is 87.8 Å². The van der Waals surface area contributed by atoms with Crippen molar-refractivity contribution in [3.05, 3.63) is 240 Å². The van der Waals surface area contributed by atoms with Crippen molar-refractivity contribution in [2.24, 2.45) is 128 Å². The minimum atomic E-state index is 0. The molecule has 7 aromatic heterocycles. The summed E-state index contributed by atoms with van der Waals surface area (Å²) in [5, 5.41) is 74.1. The van der Waals surface area contributed by atoms with E-state index in [0.29, 0.717) is 17.2 Å². The molecular formula is C87H111Cl7N34OS5. The Hall–Kier alpha value is -11.8. The van der Waals surface area contributed by atoms with Crippen molar-refractivity contribution in [2.45, 2.75) is 13.8 Å². The van der Waals surface area contributed by atoms with Crippen LogP contribution >= 0.6 is 57.1 Å². The van der Waals surface area contributed by atoms with Crippen LogP contribution in [0.3, 0.4) is 0 Å². The van der Waals surface area contributed by atoms with Gasteiger partial charge in [0.2, 0.25) is 17.8 Å². The van der Waals surface area contributed by atoms with Crippen molar-refractivity contribution in [3.63, 3.8) is 0 Å². The van der Waals surface area contributed by atoms with Crippen molar-refractivity contribution in [3.8, 4) is 0 Å². The molecule has 15 rings (SSSR count). The maximum absolute atomic E-state index is 7.22. The van der Waals surface area contributed by atoms with Gasteiger partial charge < -0.3 is 131 Å². The third-order valence-electron chi connectivity index (χ3n) is 18.5. The summed E-state index contributed by atoms with van der Waals surface area (Å²) >= 11 is 7.21. The number of aryl methyl sites for hydroxylation is 9. The summed E-state index contributed by atoms with van der Waals surface area (Å²) in [6.07, 6.45) is 9.52. The van der Waals surface area contributed by atoms with E-state index in [4.69, 9.17) is 11.1 Å². The van der Waals surface area contributed by atoms with E-state index in [0.717, 1.165) is 138 Å². The topological polar surface area (TPSA) is 296 Å². The average Bonchev–Trinajstić information content (AvgIpc) is 1.00. The first-order valence-corrected chi connectivity index (χ1v) is 44.0. The predicted octanol–water partition coefficient (Wildman–Crippen LogP) is -2.09. The van der Waals surface area contributed by atoms with Gasteiger partial charge in [0.1, 0.15) is 94.9 Å². The van der Waals surface area contributed by atoms with Crippen LogP contribution in [-0.2, 0) is 56.4 Å². The Balaban J connectivity index is 0.000000525. The van der Waals surface area contributed by atoms with Crippen LogP contribution in [0.25, 0.3) is 4.85 Å². The van der Waals surface area contributed by atoms with Gasteiger partial charge in [-0.05, 0) is 234 Å². The van der Waals surface area contributed by atoms with Crippen LogP contribution in [0, 0.1) is 20.4 Å². The van der Waals surface area contributed by atoms with E-state index in [9.17, 15) is 0 Å². The molecule has 47 heteroatoms. The van der Waals surface area contributed by atoms with E-state index in [1.165, 1.54) is 51.4 Å². The molecule has 0 saturated carbocycles. The summed E-state index contributed by atoms with van der Waals surface area (Å²) in [5.41, 5.74) is 15.9. The van der Waals surface area contributed by atoms with Gasteiger partial charge in [-0.2, -0.15) is 0 Å². The molecule has 0 amide bonds. The predicted molar refractivity (Wildman–Crippen MR) is 508 cm³/mol. The minimum absolute atomic E-state index is 0. The smallest absolute Gasteiger partial charge is 0.429 e. The van der Waals surface area contributed by atoms with Crippen LogP contribution in [0.4, 0.5) is 123 Å². The van der Waals surface area contributed by atoms with Gasteiger partial charge in [0.25, 0.3) is 0 Å². The highest BCUT2D eigenvalue weighted by Crippen LogP contribution is 2.34. The molecule has 7 aromatic carbocycles. The largest absolute Gasteiger partial charge is 1.00 e. The van der Waals surface area contributed by atoms with Crippen molar-refractivity contribution < 1.29 is 124 Å². The van der Waals surface area contributed by atoms with Crippen LogP contribution in [0.1, 0.15) is 11.6 Å². The highest BCUT2D eigenvalue weighted by Gasteiger charge is 2.19. The summed E-state index contributed by atoms with van der Waals surface area (Å²) < 4.78 is 28.3. The Labute approximate surface area is 847 Å². The Bertz CT molecular complexity index is 5710. The lowest BCUT2D eigenvalue weighted by Crippen LogP contribution is -3.00. The molecule has 1 aliphatic rings. The van der Waals surface area contributed by atoms with Crippen molar-refractivity contribution >= 4 is 180 Å². The fourth-order valence-corrected chi connectivity index (χ4v) is 13.9. The first-order valence-electron chi connectivity index (χ1n) is 39.8. The maximum Gasteiger partial charge on any atom is 0.429 e. The second-order valence-corrected chi connectivity index (χ2v) is 33.5. The summed E-state index contributed by atoms with van der Waals surface area (Å²) in [6, 6.07) is 55.3. The SMILES string of the molecule is CN(C)c1ccc(N=Nc2scc[n+]2C)cc1.CN(C)c1ccc(N=Nc2scn[n+]2C)cc1.CN(C)c1ccc(N=Nc2snc[n+]2C)cc1.Cc1cc(N=Nc2ccc(N(C)C)cc2)[n+](C)o1.Cc1nsc(N=Nc2ccc(N(C)C)cc2)[n+]1C.Cn1cc[n+](C)c1N=Nc1ccc(N2CCNCC2)cc1.[C-]#[N+]c1cc(N(C)C)ccc1N=Nc1scc[n+]1C.[Cl-].[Cl-].[Cl-].[Cl-].[Cl-].[Cl-].[Cl-]. The zero-order valence-electron chi connectivity index (χ0n) is 78.5.